The van der Waals surface area contributed by atoms with Gasteiger partial charge in [0.15, 0.2) is 0 Å². The van der Waals surface area contributed by atoms with Gasteiger partial charge < -0.3 is 15.0 Å². The predicted molar refractivity (Wildman–Crippen MR) is 151 cm³/mol. The number of methoxy groups -OCH3 is 1. The first-order chi connectivity index (χ1) is 18.1. The van der Waals surface area contributed by atoms with Gasteiger partial charge in [-0.3, -0.25) is 13.9 Å². The van der Waals surface area contributed by atoms with E-state index in [2.05, 4.69) is 5.32 Å². The van der Waals surface area contributed by atoms with Crippen LogP contribution in [0.2, 0.25) is 0 Å². The van der Waals surface area contributed by atoms with Crippen LogP contribution in [0.4, 0.5) is 5.69 Å². The van der Waals surface area contributed by atoms with Gasteiger partial charge in [-0.1, -0.05) is 62.6 Å². The minimum atomic E-state index is -3.83. The Hall–Kier alpha value is -3.07. The quantitative estimate of drug-likeness (QED) is 0.435. The van der Waals surface area contributed by atoms with Gasteiger partial charge in [-0.25, -0.2) is 8.42 Å². The van der Waals surface area contributed by atoms with Crippen LogP contribution in [0.15, 0.2) is 48.5 Å². The van der Waals surface area contributed by atoms with Gasteiger partial charge in [0.25, 0.3) is 0 Å². The molecule has 1 saturated carbocycles. The maximum atomic E-state index is 13.9. The highest BCUT2D eigenvalue weighted by atomic mass is 32.2. The van der Waals surface area contributed by atoms with Crippen molar-refractivity contribution in [1.82, 2.24) is 10.2 Å². The number of carbonyl (C=O) groups excluding carboxylic acids is 2. The first-order valence-electron chi connectivity index (χ1n) is 13.4. The number of benzene rings is 2. The molecule has 2 aromatic carbocycles. The number of sulfonamides is 1. The predicted octanol–water partition coefficient (Wildman–Crippen LogP) is 4.07. The Morgan fingerprint density at radius 2 is 1.76 bits per heavy atom. The fraction of sp³-hybridized carbons (Fsp3) is 0.517. The molecule has 0 aliphatic heterocycles. The van der Waals surface area contributed by atoms with E-state index in [4.69, 9.17) is 4.74 Å². The molecule has 8 nitrogen and oxygen atoms in total. The Balaban J connectivity index is 1.91. The van der Waals surface area contributed by atoms with Crippen molar-refractivity contribution in [1.29, 1.82) is 0 Å². The fourth-order valence-corrected chi connectivity index (χ4v) is 5.87. The zero-order chi connectivity index (χ0) is 27.7. The zero-order valence-electron chi connectivity index (χ0n) is 23.0. The van der Waals surface area contributed by atoms with Crippen molar-refractivity contribution in [3.63, 3.8) is 0 Å². The second-order valence-corrected chi connectivity index (χ2v) is 11.9. The van der Waals surface area contributed by atoms with Crippen LogP contribution in [0.3, 0.4) is 0 Å². The summed E-state index contributed by atoms with van der Waals surface area (Å²) in [5, 5.41) is 3.16. The maximum Gasteiger partial charge on any atom is 0.244 e. The van der Waals surface area contributed by atoms with E-state index in [1.54, 1.807) is 17.0 Å². The number of hydrogen-bond acceptors (Lipinski definition) is 5. The van der Waals surface area contributed by atoms with Gasteiger partial charge in [0.2, 0.25) is 21.8 Å². The summed E-state index contributed by atoms with van der Waals surface area (Å²) >= 11 is 0. The normalized spacial score (nSPS) is 14.9. The molecular formula is C29H41N3O5S. The van der Waals surface area contributed by atoms with Crippen LogP contribution in [0.1, 0.15) is 56.6 Å². The summed E-state index contributed by atoms with van der Waals surface area (Å²) < 4.78 is 32.3. The second-order valence-electron chi connectivity index (χ2n) is 10.0. The van der Waals surface area contributed by atoms with Crippen molar-refractivity contribution in [2.24, 2.45) is 0 Å². The Kier molecular flexibility index (Phi) is 10.6. The summed E-state index contributed by atoms with van der Waals surface area (Å²) in [5.41, 5.74) is 2.17. The molecular weight excluding hydrogens is 502 g/mol. The van der Waals surface area contributed by atoms with Crippen molar-refractivity contribution in [3.8, 4) is 5.75 Å². The third kappa shape index (κ3) is 7.96. The highest BCUT2D eigenvalue weighted by Crippen LogP contribution is 2.31. The van der Waals surface area contributed by atoms with Crippen molar-refractivity contribution < 1.29 is 22.7 Å². The van der Waals surface area contributed by atoms with Crippen LogP contribution >= 0.6 is 0 Å². The summed E-state index contributed by atoms with van der Waals surface area (Å²) in [5.74, 6) is -0.257. The molecule has 1 fully saturated rings. The highest BCUT2D eigenvalue weighted by molar-refractivity contribution is 7.92. The lowest BCUT2D eigenvalue weighted by atomic mass is 9.95. The smallest absolute Gasteiger partial charge is 0.244 e. The summed E-state index contributed by atoms with van der Waals surface area (Å²) in [4.78, 5) is 28.9. The van der Waals surface area contributed by atoms with Gasteiger partial charge in [0.1, 0.15) is 18.3 Å². The molecule has 0 aromatic heterocycles. The third-order valence-corrected chi connectivity index (χ3v) is 8.23. The standard InChI is InChI=1S/C29H41N3O5S/c1-5-25(29(34)30-24-14-10-7-11-15-24)31(19-18-23-12-8-6-9-13-23)28(33)21-32(38(4,35)36)26-20-22(2)16-17-27(26)37-3/h6,8-9,12-13,16-17,20,24-25H,5,7,10-11,14-15,18-19,21H2,1-4H3,(H,30,34)/t25-/m1/s1. The molecule has 38 heavy (non-hydrogen) atoms. The molecule has 0 bridgehead atoms. The molecule has 0 spiro atoms. The molecule has 0 saturated heterocycles. The van der Waals surface area contributed by atoms with Crippen LogP contribution in [0.25, 0.3) is 0 Å². The van der Waals surface area contributed by atoms with Crippen LogP contribution in [-0.2, 0) is 26.0 Å². The number of nitrogens with zero attached hydrogens (tertiary/aromatic N) is 2. The number of hydrogen-bond donors (Lipinski definition) is 1. The van der Waals surface area contributed by atoms with Gasteiger partial charge in [0, 0.05) is 12.6 Å². The van der Waals surface area contributed by atoms with Crippen molar-refractivity contribution in [3.05, 3.63) is 59.7 Å². The molecule has 9 heteroatoms. The lowest BCUT2D eigenvalue weighted by Crippen LogP contribution is -2.54. The summed E-state index contributed by atoms with van der Waals surface area (Å²) in [6.45, 7) is 3.59. The van der Waals surface area contributed by atoms with Crippen LogP contribution < -0.4 is 14.4 Å². The minimum absolute atomic E-state index is 0.112. The number of ether oxygens (including phenoxy) is 1. The zero-order valence-corrected chi connectivity index (χ0v) is 23.8. The van der Waals surface area contributed by atoms with E-state index < -0.39 is 28.5 Å². The molecule has 208 valence electrons. The topological polar surface area (TPSA) is 96.0 Å². The number of amides is 2. The monoisotopic (exact) mass is 543 g/mol. The molecule has 0 unspecified atom stereocenters. The van der Waals surface area contributed by atoms with E-state index in [0.717, 1.165) is 47.4 Å². The average molecular weight is 544 g/mol. The molecule has 1 aliphatic rings. The molecule has 1 N–H and O–H groups in total. The van der Waals surface area contributed by atoms with Gasteiger partial charge >= 0.3 is 0 Å². The van der Waals surface area contributed by atoms with Crippen molar-refractivity contribution in [2.75, 3.05) is 30.8 Å². The first-order valence-corrected chi connectivity index (χ1v) is 15.2. The van der Waals surface area contributed by atoms with Crippen molar-refractivity contribution >= 4 is 27.5 Å². The van der Waals surface area contributed by atoms with Gasteiger partial charge in [0.05, 0.1) is 19.1 Å². The first kappa shape index (κ1) is 29.5. The fourth-order valence-electron chi connectivity index (χ4n) is 5.03. The molecule has 1 atom stereocenters. The van der Waals surface area contributed by atoms with Crippen LogP contribution in [-0.4, -0.2) is 63.7 Å². The lowest BCUT2D eigenvalue weighted by molar-refractivity contribution is -0.140. The van der Waals surface area contributed by atoms with E-state index >= 15 is 0 Å². The SMILES string of the molecule is CC[C@H](C(=O)NC1CCCCC1)N(CCc1ccccc1)C(=O)CN(c1cc(C)ccc1OC)S(C)(=O)=O. The van der Waals surface area contributed by atoms with Crippen LogP contribution in [0.5, 0.6) is 5.75 Å². The molecule has 0 heterocycles. The molecule has 3 rings (SSSR count). The Labute approximate surface area is 227 Å². The molecule has 1 aliphatic carbocycles. The van der Waals surface area contributed by atoms with E-state index in [1.807, 2.05) is 50.2 Å². The largest absolute Gasteiger partial charge is 0.495 e. The third-order valence-electron chi connectivity index (χ3n) is 7.10. The molecule has 0 radical (unpaired) electrons. The number of anilines is 1. The van der Waals surface area contributed by atoms with E-state index in [9.17, 15) is 18.0 Å². The van der Waals surface area contributed by atoms with E-state index in [0.29, 0.717) is 30.8 Å². The summed E-state index contributed by atoms with van der Waals surface area (Å²) in [6.07, 6.45) is 7.26. The van der Waals surface area contributed by atoms with E-state index in [-0.39, 0.29) is 11.9 Å². The second kappa shape index (κ2) is 13.6. The number of carbonyl (C=O) groups is 2. The summed E-state index contributed by atoms with van der Waals surface area (Å²) in [7, 11) is -2.37. The number of aryl methyl sites for hydroxylation is 1. The number of rotatable bonds is 12. The highest BCUT2D eigenvalue weighted by Gasteiger charge is 2.33. The van der Waals surface area contributed by atoms with E-state index in [1.165, 1.54) is 13.5 Å². The lowest BCUT2D eigenvalue weighted by Gasteiger charge is -2.34. The number of nitrogens with one attached hydrogen (secondary N) is 1. The minimum Gasteiger partial charge on any atom is -0.495 e. The Bertz CT molecular complexity index is 1180. The summed E-state index contributed by atoms with van der Waals surface area (Å²) in [6, 6.07) is 14.4. The van der Waals surface area contributed by atoms with Gasteiger partial charge in [-0.2, -0.15) is 0 Å². The van der Waals surface area contributed by atoms with Gasteiger partial charge in [-0.05, 0) is 55.9 Å². The van der Waals surface area contributed by atoms with Crippen LogP contribution in [0, 0.1) is 6.92 Å². The van der Waals surface area contributed by atoms with Crippen molar-refractivity contribution in [2.45, 2.75) is 70.9 Å². The maximum absolute atomic E-state index is 13.9. The molecule has 2 amide bonds. The Morgan fingerprint density at radius 1 is 1.08 bits per heavy atom. The average Bonchev–Trinajstić information content (AvgIpc) is 2.90. The Morgan fingerprint density at radius 3 is 2.37 bits per heavy atom. The van der Waals surface area contributed by atoms with Gasteiger partial charge in [-0.15, -0.1) is 0 Å². The molecule has 2 aromatic rings.